The Balaban J connectivity index is 0.958. The van der Waals surface area contributed by atoms with E-state index in [-0.39, 0.29) is 78.7 Å². The highest BCUT2D eigenvalue weighted by Gasteiger charge is 2.62. The predicted octanol–water partition coefficient (Wildman–Crippen LogP) is 9.57. The molecule has 14 rings (SSSR count). The quantitative estimate of drug-likeness (QED) is 0.0885. The Morgan fingerprint density at radius 3 is 0.871 bits per heavy atom. The van der Waals surface area contributed by atoms with E-state index in [4.69, 9.17) is 0 Å². The van der Waals surface area contributed by atoms with Gasteiger partial charge < -0.3 is 0 Å². The third-order valence-corrected chi connectivity index (χ3v) is 20.3. The molecule has 5 aromatic carbocycles. The largest absolute Gasteiger partial charge is 0.286 e. The van der Waals surface area contributed by atoms with Crippen molar-refractivity contribution in [1.29, 1.82) is 0 Å². The SMILES string of the molecule is c1ccc(C2CCCC3C4NC5NC(NC6NC(NC7NC(NC(N4)C23)C2C(c3ccccc3)C(c3ccccc3)C(c3ccccc3)C(c3ccccc3)C72)C2CCCCC62)C2CCCCC52)cc1. The van der Waals surface area contributed by atoms with Crippen molar-refractivity contribution in [1.82, 2.24) is 42.5 Å². The minimum atomic E-state index is 0.0409. The van der Waals surface area contributed by atoms with Crippen LogP contribution in [0.5, 0.6) is 0 Å². The minimum Gasteiger partial charge on any atom is -0.286 e. The molecule has 0 aromatic heterocycles. The van der Waals surface area contributed by atoms with E-state index in [2.05, 4.69) is 194 Å². The van der Waals surface area contributed by atoms with Gasteiger partial charge in [-0.25, -0.2) is 0 Å². The number of rotatable bonds is 5. The van der Waals surface area contributed by atoms with Crippen molar-refractivity contribution in [2.24, 2.45) is 47.3 Å². The average molecular weight is 933 g/mol. The fraction of sp³-hybridized carbons (Fsp3) is 0.516. The first-order chi connectivity index (χ1) is 34.7. The third kappa shape index (κ3) is 7.78. The van der Waals surface area contributed by atoms with E-state index in [0.717, 1.165) is 0 Å². The summed E-state index contributed by atoms with van der Waals surface area (Å²) in [6.45, 7) is 0. The summed E-state index contributed by atoms with van der Waals surface area (Å²) in [4.78, 5) is 0. The zero-order valence-electron chi connectivity index (χ0n) is 40.8. The summed E-state index contributed by atoms with van der Waals surface area (Å²) in [7, 11) is 0. The fourth-order valence-corrected chi connectivity index (χ4v) is 17.7. The Morgan fingerprint density at radius 1 is 0.229 bits per heavy atom. The van der Waals surface area contributed by atoms with E-state index < -0.39 is 0 Å². The van der Waals surface area contributed by atoms with Crippen molar-refractivity contribution in [2.75, 3.05) is 0 Å². The number of nitrogens with one attached hydrogen (secondary N) is 8. The Kier molecular flexibility index (Phi) is 12.1. The summed E-state index contributed by atoms with van der Waals surface area (Å²) < 4.78 is 0. The van der Waals surface area contributed by atoms with Gasteiger partial charge in [0.05, 0.1) is 49.3 Å². The molecular formula is C62H76N8. The van der Waals surface area contributed by atoms with Crippen molar-refractivity contribution in [2.45, 2.75) is 150 Å². The van der Waals surface area contributed by atoms with Crippen LogP contribution in [0.25, 0.3) is 0 Å². The van der Waals surface area contributed by atoms with Gasteiger partial charge in [-0.15, -0.1) is 0 Å². The first-order valence-electron chi connectivity index (χ1n) is 28.1. The second-order valence-corrected chi connectivity index (χ2v) is 23.5. The van der Waals surface area contributed by atoms with E-state index in [0.29, 0.717) is 47.6 Å². The molecule has 70 heavy (non-hydrogen) atoms. The molecule has 5 saturated heterocycles. The monoisotopic (exact) mass is 933 g/mol. The molecule has 8 nitrogen and oxygen atoms in total. The molecule has 8 N–H and O–H groups in total. The zero-order chi connectivity index (χ0) is 46.1. The zero-order valence-corrected chi connectivity index (χ0v) is 40.8. The summed E-state index contributed by atoms with van der Waals surface area (Å²) in [5, 5.41) is 35.9. The van der Waals surface area contributed by atoms with Crippen LogP contribution >= 0.6 is 0 Å². The van der Waals surface area contributed by atoms with Crippen molar-refractivity contribution in [3.8, 4) is 0 Å². The molecule has 21 unspecified atom stereocenters. The first kappa shape index (κ1) is 44.5. The topological polar surface area (TPSA) is 96.2 Å². The molecule has 4 saturated carbocycles. The van der Waals surface area contributed by atoms with Gasteiger partial charge in [0, 0.05) is 11.8 Å². The highest BCUT2D eigenvalue weighted by atomic mass is 15.4. The molecule has 0 spiro atoms. The molecule has 4 aliphatic carbocycles. The molecule has 8 bridgehead atoms. The molecule has 0 radical (unpaired) electrons. The van der Waals surface area contributed by atoms with Crippen LogP contribution in [0.4, 0.5) is 0 Å². The van der Waals surface area contributed by atoms with Crippen LogP contribution < -0.4 is 42.5 Å². The third-order valence-electron chi connectivity index (χ3n) is 20.3. The van der Waals surface area contributed by atoms with Crippen molar-refractivity contribution in [3.63, 3.8) is 0 Å². The molecule has 5 aromatic rings. The van der Waals surface area contributed by atoms with Crippen molar-refractivity contribution < 1.29 is 0 Å². The van der Waals surface area contributed by atoms with Crippen LogP contribution in [0.2, 0.25) is 0 Å². The van der Waals surface area contributed by atoms with Crippen LogP contribution in [-0.4, -0.2) is 49.3 Å². The van der Waals surface area contributed by atoms with Crippen LogP contribution in [-0.2, 0) is 0 Å². The summed E-state index contributed by atoms with van der Waals surface area (Å²) in [5.74, 6) is 5.36. The van der Waals surface area contributed by atoms with Gasteiger partial charge in [0.2, 0.25) is 0 Å². The Labute approximate surface area is 417 Å². The first-order valence-corrected chi connectivity index (χ1v) is 28.1. The van der Waals surface area contributed by atoms with E-state index in [9.17, 15) is 0 Å². The smallest absolute Gasteiger partial charge is 0.0634 e. The fourth-order valence-electron chi connectivity index (χ4n) is 17.7. The maximum atomic E-state index is 4.66. The lowest BCUT2D eigenvalue weighted by Crippen LogP contribution is -2.62. The molecule has 5 heterocycles. The standard InChI is InChI=1S/C62H76N8/c1-6-21-37(22-7-1)42-35-20-36-47-52(42)60-68-59(47)66-57-44-32-17-16-31-43(44)55(64-57)63-56-45-33-18-19-34-46(45)58(65-56)67-61-53-50(40-27-12-4-13-28-40)48(38-23-8-2-9-24-38)49(39-25-10-3-11-26-39)51(41-29-14-5-15-30-41)54(53)62(69-60)70-61/h1-15,21-30,42-70H,16-20,31-36H2. The summed E-state index contributed by atoms with van der Waals surface area (Å²) >= 11 is 0. The lowest BCUT2D eigenvalue weighted by atomic mass is 9.51. The highest BCUT2D eigenvalue weighted by molar-refractivity contribution is 5.43. The van der Waals surface area contributed by atoms with Gasteiger partial charge in [0.25, 0.3) is 0 Å². The van der Waals surface area contributed by atoms with Crippen LogP contribution in [0, 0.1) is 47.3 Å². The van der Waals surface area contributed by atoms with Crippen LogP contribution in [0.3, 0.4) is 0 Å². The summed E-state index contributed by atoms with van der Waals surface area (Å²) in [6, 6.07) is 58.5. The number of hydrogen-bond acceptors (Lipinski definition) is 8. The van der Waals surface area contributed by atoms with Crippen LogP contribution in [0.15, 0.2) is 152 Å². The molecule has 8 heteroatoms. The molecule has 364 valence electrons. The lowest BCUT2D eigenvalue weighted by molar-refractivity contribution is 0.103. The van der Waals surface area contributed by atoms with E-state index in [1.54, 1.807) is 0 Å². The maximum Gasteiger partial charge on any atom is 0.0634 e. The van der Waals surface area contributed by atoms with Gasteiger partial charge in [0.1, 0.15) is 0 Å². The Bertz CT molecular complexity index is 2510. The number of hydrogen-bond donors (Lipinski definition) is 8. The second-order valence-electron chi connectivity index (χ2n) is 23.5. The number of benzene rings is 5. The molecule has 0 amide bonds. The van der Waals surface area contributed by atoms with E-state index in [1.165, 1.54) is 98.4 Å². The summed E-state index contributed by atoms with van der Waals surface area (Å²) in [5.41, 5.74) is 7.30. The normalized spacial score (nSPS) is 43.1. The van der Waals surface area contributed by atoms with Gasteiger partial charge in [-0.1, -0.05) is 184 Å². The van der Waals surface area contributed by atoms with E-state index >= 15 is 0 Å². The van der Waals surface area contributed by atoms with Gasteiger partial charge >= 0.3 is 0 Å². The van der Waals surface area contributed by atoms with Crippen molar-refractivity contribution >= 4 is 0 Å². The highest BCUT2D eigenvalue weighted by Crippen LogP contribution is 2.64. The van der Waals surface area contributed by atoms with Gasteiger partial charge in [-0.3, -0.25) is 42.5 Å². The number of fused-ring (bicyclic) bond motifs is 20. The van der Waals surface area contributed by atoms with Crippen molar-refractivity contribution in [3.05, 3.63) is 179 Å². The second kappa shape index (κ2) is 19.0. The minimum absolute atomic E-state index is 0.0409. The Hall–Kier alpha value is -4.22. The van der Waals surface area contributed by atoms with Crippen LogP contribution in [0.1, 0.15) is 128 Å². The van der Waals surface area contributed by atoms with Gasteiger partial charge in [-0.05, 0) is 131 Å². The summed E-state index contributed by atoms with van der Waals surface area (Å²) in [6.07, 6.45) is 15.8. The molecule has 5 aliphatic heterocycles. The molecule has 9 aliphatic rings. The Morgan fingerprint density at radius 2 is 0.500 bits per heavy atom. The van der Waals surface area contributed by atoms with Gasteiger partial charge in [-0.2, -0.15) is 0 Å². The molecular weight excluding hydrogens is 857 g/mol. The lowest BCUT2D eigenvalue weighted by Gasteiger charge is -2.53. The van der Waals surface area contributed by atoms with Gasteiger partial charge in [0.15, 0.2) is 0 Å². The van der Waals surface area contributed by atoms with E-state index in [1.807, 2.05) is 0 Å². The molecule has 21 atom stereocenters. The predicted molar refractivity (Wildman–Crippen MR) is 280 cm³/mol. The molecule has 9 fully saturated rings. The maximum absolute atomic E-state index is 4.66. The average Bonchev–Trinajstić information content (AvgIpc) is 4.17.